The Kier molecular flexibility index (Phi) is 6.80. The summed E-state index contributed by atoms with van der Waals surface area (Å²) in [5.74, 6) is -0.0369. The Balaban J connectivity index is 1.41. The Morgan fingerprint density at radius 1 is 1.09 bits per heavy atom. The van der Waals surface area contributed by atoms with Gasteiger partial charge in [-0.05, 0) is 61.4 Å². The van der Waals surface area contributed by atoms with Crippen LogP contribution in [-0.2, 0) is 21.9 Å². The smallest absolute Gasteiger partial charge is 0.243 e. The van der Waals surface area contributed by atoms with Crippen molar-refractivity contribution in [3.63, 3.8) is 0 Å². The van der Waals surface area contributed by atoms with E-state index in [-0.39, 0.29) is 23.1 Å². The Hall–Kier alpha value is -3.50. The first-order valence-electron chi connectivity index (χ1n) is 10.9. The van der Waals surface area contributed by atoms with E-state index in [0.717, 1.165) is 0 Å². The van der Waals surface area contributed by atoms with Gasteiger partial charge in [-0.1, -0.05) is 0 Å². The van der Waals surface area contributed by atoms with E-state index >= 15 is 0 Å². The molecule has 2 aromatic carbocycles. The van der Waals surface area contributed by atoms with Crippen LogP contribution in [-0.4, -0.2) is 54.2 Å². The third-order valence-corrected chi connectivity index (χ3v) is 7.77. The number of hydrogen-bond donors (Lipinski definition) is 1. The second-order valence-electron chi connectivity index (χ2n) is 8.14. The first-order valence-corrected chi connectivity index (χ1v) is 12.3. The SMILES string of the molecule is COc1ccc(S(=O)(=O)N2CCCC(C(=O)Nc3ccc(C(=O)c4nccn4C)cc3)C2)cc1. The molecule has 2 heterocycles. The van der Waals surface area contributed by atoms with Gasteiger partial charge in [-0.2, -0.15) is 4.31 Å². The monoisotopic (exact) mass is 482 g/mol. The maximum Gasteiger partial charge on any atom is 0.243 e. The van der Waals surface area contributed by atoms with Crippen molar-refractivity contribution in [1.82, 2.24) is 13.9 Å². The van der Waals surface area contributed by atoms with Gasteiger partial charge in [0.05, 0.1) is 17.9 Å². The van der Waals surface area contributed by atoms with Crippen molar-refractivity contribution in [2.75, 3.05) is 25.5 Å². The van der Waals surface area contributed by atoms with Crippen LogP contribution in [0.5, 0.6) is 5.75 Å². The van der Waals surface area contributed by atoms with Gasteiger partial charge in [0.1, 0.15) is 5.75 Å². The van der Waals surface area contributed by atoms with Crippen molar-refractivity contribution < 1.29 is 22.7 Å². The molecule has 0 bridgehead atoms. The molecule has 1 aromatic heterocycles. The highest BCUT2D eigenvalue weighted by Crippen LogP contribution is 2.26. The molecule has 34 heavy (non-hydrogen) atoms. The highest BCUT2D eigenvalue weighted by Gasteiger charge is 2.33. The molecule has 1 aliphatic rings. The highest BCUT2D eigenvalue weighted by molar-refractivity contribution is 7.89. The van der Waals surface area contributed by atoms with E-state index in [4.69, 9.17) is 4.74 Å². The average Bonchev–Trinajstić information content (AvgIpc) is 3.30. The molecule has 1 atom stereocenters. The normalized spacial score (nSPS) is 16.7. The predicted molar refractivity (Wildman–Crippen MR) is 126 cm³/mol. The number of nitrogens with one attached hydrogen (secondary N) is 1. The Labute approximate surface area is 198 Å². The number of nitrogens with zero attached hydrogens (tertiary/aromatic N) is 3. The van der Waals surface area contributed by atoms with Crippen molar-refractivity contribution >= 4 is 27.4 Å². The molecule has 1 N–H and O–H groups in total. The van der Waals surface area contributed by atoms with E-state index in [1.165, 1.54) is 23.5 Å². The number of carbonyl (C=O) groups excluding carboxylic acids is 2. The Morgan fingerprint density at radius 3 is 2.41 bits per heavy atom. The molecule has 178 valence electrons. The van der Waals surface area contributed by atoms with Crippen molar-refractivity contribution in [1.29, 1.82) is 0 Å². The number of aromatic nitrogens is 2. The van der Waals surface area contributed by atoms with Crippen molar-refractivity contribution in [2.45, 2.75) is 17.7 Å². The van der Waals surface area contributed by atoms with E-state index in [2.05, 4.69) is 10.3 Å². The lowest BCUT2D eigenvalue weighted by Gasteiger charge is -2.31. The van der Waals surface area contributed by atoms with Crippen LogP contribution in [0.15, 0.2) is 65.8 Å². The summed E-state index contributed by atoms with van der Waals surface area (Å²) in [6.45, 7) is 0.470. The van der Waals surface area contributed by atoms with E-state index < -0.39 is 15.9 Å². The molecule has 1 aliphatic heterocycles. The number of imidazole rings is 1. The molecule has 3 aromatic rings. The lowest BCUT2D eigenvalue weighted by atomic mass is 9.98. The maximum absolute atomic E-state index is 13.1. The van der Waals surface area contributed by atoms with Crippen LogP contribution < -0.4 is 10.1 Å². The van der Waals surface area contributed by atoms with Gasteiger partial charge in [-0.15, -0.1) is 0 Å². The molecule has 10 heteroatoms. The van der Waals surface area contributed by atoms with Crippen LogP contribution in [0.2, 0.25) is 0 Å². The zero-order valence-electron chi connectivity index (χ0n) is 19.0. The van der Waals surface area contributed by atoms with Gasteiger partial charge in [0.25, 0.3) is 0 Å². The van der Waals surface area contributed by atoms with E-state index in [9.17, 15) is 18.0 Å². The van der Waals surface area contributed by atoms with Gasteiger partial charge >= 0.3 is 0 Å². The minimum absolute atomic E-state index is 0.107. The molecule has 1 fully saturated rings. The number of hydrogen-bond acceptors (Lipinski definition) is 6. The molecule has 9 nitrogen and oxygen atoms in total. The minimum atomic E-state index is -3.71. The number of sulfonamides is 1. The summed E-state index contributed by atoms with van der Waals surface area (Å²) in [5, 5.41) is 2.84. The number of ether oxygens (including phenoxy) is 1. The molecular weight excluding hydrogens is 456 g/mol. The fraction of sp³-hybridized carbons (Fsp3) is 0.292. The summed E-state index contributed by atoms with van der Waals surface area (Å²) < 4.78 is 34.2. The third-order valence-electron chi connectivity index (χ3n) is 5.89. The average molecular weight is 483 g/mol. The van der Waals surface area contributed by atoms with E-state index in [0.29, 0.717) is 42.2 Å². The number of rotatable bonds is 7. The topological polar surface area (TPSA) is 111 Å². The standard InChI is InChI=1S/C24H26N4O5S/c1-27-15-13-25-23(27)22(29)17-5-7-19(8-6-17)26-24(30)18-4-3-14-28(16-18)34(31,32)21-11-9-20(33-2)10-12-21/h5-13,15,18H,3-4,14,16H2,1-2H3,(H,26,30). The minimum Gasteiger partial charge on any atom is -0.497 e. The second kappa shape index (κ2) is 9.78. The summed E-state index contributed by atoms with van der Waals surface area (Å²) in [7, 11) is -0.450. The van der Waals surface area contributed by atoms with Crippen LogP contribution in [0.1, 0.15) is 29.0 Å². The summed E-state index contributed by atoms with van der Waals surface area (Å²) in [6.07, 6.45) is 4.44. The molecule has 0 aliphatic carbocycles. The van der Waals surface area contributed by atoms with Crippen LogP contribution in [0.3, 0.4) is 0 Å². The number of anilines is 1. The number of benzene rings is 2. The molecule has 1 saturated heterocycles. The zero-order chi connectivity index (χ0) is 24.3. The highest BCUT2D eigenvalue weighted by atomic mass is 32.2. The lowest BCUT2D eigenvalue weighted by molar-refractivity contribution is -0.120. The fourth-order valence-electron chi connectivity index (χ4n) is 3.93. The number of ketones is 1. The summed E-state index contributed by atoms with van der Waals surface area (Å²) >= 11 is 0. The quantitative estimate of drug-likeness (QED) is 0.519. The Morgan fingerprint density at radius 2 is 1.79 bits per heavy atom. The number of aryl methyl sites for hydroxylation is 1. The fourth-order valence-corrected chi connectivity index (χ4v) is 5.46. The number of amides is 1. The second-order valence-corrected chi connectivity index (χ2v) is 10.1. The Bertz CT molecular complexity index is 1280. The summed E-state index contributed by atoms with van der Waals surface area (Å²) in [4.78, 5) is 29.7. The van der Waals surface area contributed by atoms with Gasteiger partial charge in [0.2, 0.25) is 21.7 Å². The number of methoxy groups -OCH3 is 1. The summed E-state index contributed by atoms with van der Waals surface area (Å²) in [5.41, 5.74) is 0.998. The van der Waals surface area contributed by atoms with Crippen molar-refractivity contribution in [2.24, 2.45) is 13.0 Å². The largest absolute Gasteiger partial charge is 0.497 e. The van der Waals surface area contributed by atoms with Gasteiger partial charge in [0.15, 0.2) is 5.82 Å². The van der Waals surface area contributed by atoms with E-state index in [1.807, 2.05) is 0 Å². The van der Waals surface area contributed by atoms with Gasteiger partial charge < -0.3 is 14.6 Å². The molecule has 0 saturated carbocycles. The maximum atomic E-state index is 13.1. The molecule has 0 radical (unpaired) electrons. The van der Waals surface area contributed by atoms with Gasteiger partial charge in [0, 0.05) is 43.8 Å². The number of piperidine rings is 1. The van der Waals surface area contributed by atoms with Crippen LogP contribution in [0, 0.1) is 5.92 Å². The van der Waals surface area contributed by atoms with Crippen LogP contribution in [0.25, 0.3) is 0 Å². The van der Waals surface area contributed by atoms with Crippen LogP contribution in [0.4, 0.5) is 5.69 Å². The molecule has 1 unspecified atom stereocenters. The zero-order valence-corrected chi connectivity index (χ0v) is 19.8. The van der Waals surface area contributed by atoms with Crippen molar-refractivity contribution in [3.05, 3.63) is 72.3 Å². The lowest BCUT2D eigenvalue weighted by Crippen LogP contribution is -2.43. The summed E-state index contributed by atoms with van der Waals surface area (Å²) in [6, 6.07) is 12.8. The van der Waals surface area contributed by atoms with Crippen molar-refractivity contribution in [3.8, 4) is 5.75 Å². The molecule has 1 amide bonds. The first-order chi connectivity index (χ1) is 16.3. The molecular formula is C24H26N4O5S. The third kappa shape index (κ3) is 4.87. The van der Waals surface area contributed by atoms with Crippen LogP contribution >= 0.6 is 0 Å². The van der Waals surface area contributed by atoms with E-state index in [1.54, 1.807) is 60.4 Å². The first kappa shape index (κ1) is 23.7. The predicted octanol–water partition coefficient (Wildman–Crippen LogP) is 2.70. The van der Waals surface area contributed by atoms with Gasteiger partial charge in [-0.25, -0.2) is 13.4 Å². The molecule has 4 rings (SSSR count). The number of carbonyl (C=O) groups is 2. The molecule has 0 spiro atoms. The van der Waals surface area contributed by atoms with Gasteiger partial charge in [-0.3, -0.25) is 9.59 Å².